The highest BCUT2D eigenvalue weighted by molar-refractivity contribution is 9.10. The fourth-order valence-electron chi connectivity index (χ4n) is 1.59. The molecule has 2 aromatic rings. The molecule has 102 valence electrons. The van der Waals surface area contributed by atoms with Crippen LogP contribution in [0.1, 0.15) is 20.7 Å². The quantitative estimate of drug-likeness (QED) is 0.752. The maximum atomic E-state index is 12.0. The van der Waals surface area contributed by atoms with Crippen molar-refractivity contribution in [2.24, 2.45) is 5.73 Å². The van der Waals surface area contributed by atoms with Crippen molar-refractivity contribution >= 4 is 39.1 Å². The van der Waals surface area contributed by atoms with Crippen LogP contribution >= 0.6 is 15.9 Å². The summed E-state index contributed by atoms with van der Waals surface area (Å²) < 4.78 is 0.661. The van der Waals surface area contributed by atoms with E-state index < -0.39 is 5.91 Å². The topological polar surface area (TPSA) is 98.2 Å². The highest BCUT2D eigenvalue weighted by atomic mass is 79.9. The second-order valence-corrected chi connectivity index (χ2v) is 4.99. The molecular weight excluding hydrogens is 322 g/mol. The second kappa shape index (κ2) is 5.75. The van der Waals surface area contributed by atoms with Gasteiger partial charge in [-0.3, -0.25) is 9.59 Å². The molecular formula is C14H12BrN3O2. The minimum absolute atomic E-state index is 0.266. The Morgan fingerprint density at radius 3 is 2.15 bits per heavy atom. The first-order valence-corrected chi connectivity index (χ1v) is 6.53. The van der Waals surface area contributed by atoms with E-state index in [0.717, 1.165) is 0 Å². The van der Waals surface area contributed by atoms with Crippen molar-refractivity contribution in [3.05, 3.63) is 58.1 Å². The summed E-state index contributed by atoms with van der Waals surface area (Å²) in [5.41, 5.74) is 12.8. The molecule has 0 aliphatic carbocycles. The zero-order valence-electron chi connectivity index (χ0n) is 10.4. The molecule has 0 saturated carbocycles. The molecule has 2 amide bonds. The molecule has 2 rings (SSSR count). The zero-order chi connectivity index (χ0) is 14.7. The number of amides is 2. The van der Waals surface area contributed by atoms with Crippen LogP contribution in [-0.2, 0) is 0 Å². The molecule has 5 nitrogen and oxygen atoms in total. The number of rotatable bonds is 3. The normalized spacial score (nSPS) is 10.1. The van der Waals surface area contributed by atoms with Crippen LogP contribution in [0.2, 0.25) is 0 Å². The number of nitrogens with two attached hydrogens (primary N) is 2. The molecule has 0 heterocycles. The van der Waals surface area contributed by atoms with Crippen molar-refractivity contribution in [2.75, 3.05) is 11.1 Å². The molecule has 2 aromatic carbocycles. The number of hydrogen-bond acceptors (Lipinski definition) is 3. The summed E-state index contributed by atoms with van der Waals surface area (Å²) in [7, 11) is 0. The van der Waals surface area contributed by atoms with E-state index in [1.807, 2.05) is 0 Å². The van der Waals surface area contributed by atoms with Crippen molar-refractivity contribution in [1.82, 2.24) is 0 Å². The van der Waals surface area contributed by atoms with Gasteiger partial charge in [-0.25, -0.2) is 0 Å². The van der Waals surface area contributed by atoms with E-state index in [4.69, 9.17) is 11.5 Å². The molecule has 0 atom stereocenters. The van der Waals surface area contributed by atoms with Crippen LogP contribution < -0.4 is 16.8 Å². The lowest BCUT2D eigenvalue weighted by atomic mass is 10.1. The summed E-state index contributed by atoms with van der Waals surface area (Å²) >= 11 is 3.27. The molecule has 0 bridgehead atoms. The highest BCUT2D eigenvalue weighted by Crippen LogP contribution is 2.21. The first kappa shape index (κ1) is 14.1. The van der Waals surface area contributed by atoms with Gasteiger partial charge in [-0.05, 0) is 58.4 Å². The lowest BCUT2D eigenvalue weighted by Crippen LogP contribution is -2.13. The van der Waals surface area contributed by atoms with E-state index in [-0.39, 0.29) is 5.91 Å². The van der Waals surface area contributed by atoms with Crippen molar-refractivity contribution in [2.45, 2.75) is 0 Å². The lowest BCUT2D eigenvalue weighted by Gasteiger charge is -2.07. The largest absolute Gasteiger partial charge is 0.398 e. The van der Waals surface area contributed by atoms with Gasteiger partial charge in [-0.2, -0.15) is 0 Å². The van der Waals surface area contributed by atoms with Crippen LogP contribution in [-0.4, -0.2) is 11.8 Å². The zero-order valence-corrected chi connectivity index (χ0v) is 12.0. The van der Waals surface area contributed by atoms with Crippen LogP contribution in [0.3, 0.4) is 0 Å². The van der Waals surface area contributed by atoms with Crippen LogP contribution in [0.15, 0.2) is 46.9 Å². The molecule has 0 fully saturated rings. The van der Waals surface area contributed by atoms with E-state index in [2.05, 4.69) is 21.2 Å². The van der Waals surface area contributed by atoms with Gasteiger partial charge in [0, 0.05) is 27.0 Å². The Labute approximate surface area is 124 Å². The van der Waals surface area contributed by atoms with Crippen LogP contribution in [0.5, 0.6) is 0 Å². The predicted molar refractivity (Wildman–Crippen MR) is 81.5 cm³/mol. The SMILES string of the molecule is NC(=O)c1ccc(NC(=O)c2ccc(N)c(Br)c2)cc1. The number of nitrogen functional groups attached to an aromatic ring is 1. The van der Waals surface area contributed by atoms with Crippen molar-refractivity contribution in [1.29, 1.82) is 0 Å². The summed E-state index contributed by atoms with van der Waals surface area (Å²) in [5, 5.41) is 2.72. The first-order chi connectivity index (χ1) is 9.47. The molecule has 6 heteroatoms. The number of nitrogens with one attached hydrogen (secondary N) is 1. The Morgan fingerprint density at radius 1 is 1.00 bits per heavy atom. The summed E-state index contributed by atoms with van der Waals surface area (Å²) in [6.07, 6.45) is 0. The van der Waals surface area contributed by atoms with E-state index >= 15 is 0 Å². The number of carbonyl (C=O) groups is 2. The molecule has 0 aliphatic rings. The number of carbonyl (C=O) groups excluding carboxylic acids is 2. The monoisotopic (exact) mass is 333 g/mol. The third-order valence-electron chi connectivity index (χ3n) is 2.69. The number of hydrogen-bond donors (Lipinski definition) is 3. The van der Waals surface area contributed by atoms with E-state index in [0.29, 0.717) is 27.0 Å². The van der Waals surface area contributed by atoms with Gasteiger partial charge in [0.15, 0.2) is 0 Å². The molecule has 0 aromatic heterocycles. The van der Waals surface area contributed by atoms with Gasteiger partial charge in [-0.1, -0.05) is 0 Å². The Bertz CT molecular complexity index is 669. The second-order valence-electron chi connectivity index (χ2n) is 4.13. The predicted octanol–water partition coefficient (Wildman–Crippen LogP) is 2.38. The number of halogens is 1. The minimum Gasteiger partial charge on any atom is -0.398 e. The van der Waals surface area contributed by atoms with Crippen LogP contribution in [0.25, 0.3) is 0 Å². The molecule has 0 unspecified atom stereocenters. The van der Waals surface area contributed by atoms with Gasteiger partial charge in [0.1, 0.15) is 0 Å². The number of anilines is 2. The Kier molecular flexibility index (Phi) is 4.05. The lowest BCUT2D eigenvalue weighted by molar-refractivity contribution is 0.0998. The molecule has 0 spiro atoms. The van der Waals surface area contributed by atoms with Gasteiger partial charge in [0.25, 0.3) is 5.91 Å². The maximum absolute atomic E-state index is 12.0. The summed E-state index contributed by atoms with van der Waals surface area (Å²) in [6, 6.07) is 11.3. The standard InChI is InChI=1S/C14H12BrN3O2/c15-11-7-9(3-6-12(11)16)14(20)18-10-4-1-8(2-5-10)13(17)19/h1-7H,16H2,(H2,17,19)(H,18,20). The molecule has 5 N–H and O–H groups in total. The van der Waals surface area contributed by atoms with Crippen LogP contribution in [0, 0.1) is 0 Å². The fourth-order valence-corrected chi connectivity index (χ4v) is 1.97. The smallest absolute Gasteiger partial charge is 0.255 e. The third kappa shape index (κ3) is 3.16. The van der Waals surface area contributed by atoms with Crippen molar-refractivity contribution < 1.29 is 9.59 Å². The summed E-state index contributed by atoms with van der Waals surface area (Å²) in [4.78, 5) is 23.0. The van der Waals surface area contributed by atoms with Crippen molar-refractivity contribution in [3.63, 3.8) is 0 Å². The van der Waals surface area contributed by atoms with Crippen molar-refractivity contribution in [3.8, 4) is 0 Å². The maximum Gasteiger partial charge on any atom is 0.255 e. The molecule has 0 radical (unpaired) electrons. The number of primary amides is 1. The average molecular weight is 334 g/mol. The Hall–Kier alpha value is -2.34. The molecule has 0 saturated heterocycles. The highest BCUT2D eigenvalue weighted by Gasteiger charge is 2.08. The Balaban J connectivity index is 2.14. The average Bonchev–Trinajstić information content (AvgIpc) is 2.42. The van der Waals surface area contributed by atoms with Gasteiger partial charge in [0.05, 0.1) is 0 Å². The summed E-state index contributed by atoms with van der Waals surface area (Å²) in [5.74, 6) is -0.775. The van der Waals surface area contributed by atoms with E-state index in [9.17, 15) is 9.59 Å². The summed E-state index contributed by atoms with van der Waals surface area (Å²) in [6.45, 7) is 0. The fraction of sp³-hybridized carbons (Fsp3) is 0. The van der Waals surface area contributed by atoms with Gasteiger partial charge < -0.3 is 16.8 Å². The Morgan fingerprint density at radius 2 is 1.60 bits per heavy atom. The van der Waals surface area contributed by atoms with Crippen LogP contribution in [0.4, 0.5) is 11.4 Å². The molecule has 0 aliphatic heterocycles. The van der Waals surface area contributed by atoms with Gasteiger partial charge in [-0.15, -0.1) is 0 Å². The van der Waals surface area contributed by atoms with E-state index in [1.54, 1.807) is 42.5 Å². The third-order valence-corrected chi connectivity index (χ3v) is 3.38. The first-order valence-electron chi connectivity index (χ1n) is 5.73. The molecule has 20 heavy (non-hydrogen) atoms. The number of benzene rings is 2. The van der Waals surface area contributed by atoms with Gasteiger partial charge in [0.2, 0.25) is 5.91 Å². The van der Waals surface area contributed by atoms with E-state index in [1.165, 1.54) is 0 Å². The van der Waals surface area contributed by atoms with Gasteiger partial charge >= 0.3 is 0 Å². The minimum atomic E-state index is -0.509.